The molecule has 3 aromatic rings. The minimum Gasteiger partial charge on any atom is -0.497 e. The van der Waals surface area contributed by atoms with Crippen molar-refractivity contribution in [2.24, 2.45) is 21.1 Å². The second-order valence-electron chi connectivity index (χ2n) is 11.1. The molecule has 2 atom stereocenters. The maximum atomic E-state index is 12.6. The highest BCUT2D eigenvalue weighted by Crippen LogP contribution is 2.53. The molecular formula is C27H31BrN4O3. The molecular weight excluding hydrogens is 508 g/mol. The molecule has 2 aliphatic rings. The Hall–Kier alpha value is -2.71. The third kappa shape index (κ3) is 4.61. The molecule has 2 heterocycles. The quantitative estimate of drug-likeness (QED) is 0.358. The standard InChI is InChI=1S/C27H31BrN4O3/c1-26(2)12-19-13-27(3,14-26)15-31(19)16-32-22-10-7-18(28)11-21(22)23(25(32)34)29-30-24(33)17-5-8-20(35-4)9-6-17/h5-11,19,34H,12-16H2,1-4H3/t19-,27-/m1/s1. The average Bonchev–Trinajstić information content (AvgIpc) is 3.19. The highest BCUT2D eigenvalue weighted by atomic mass is 79.9. The fourth-order valence-electron chi connectivity index (χ4n) is 6.35. The van der Waals surface area contributed by atoms with Gasteiger partial charge < -0.3 is 9.84 Å². The van der Waals surface area contributed by atoms with Gasteiger partial charge in [0, 0.05) is 28.0 Å². The smallest absolute Gasteiger partial charge is 0.295 e. The van der Waals surface area contributed by atoms with E-state index in [0.717, 1.165) is 28.3 Å². The van der Waals surface area contributed by atoms with Crippen LogP contribution in [0.5, 0.6) is 11.6 Å². The highest BCUT2D eigenvalue weighted by molar-refractivity contribution is 9.10. The largest absolute Gasteiger partial charge is 0.497 e. The third-order valence-electron chi connectivity index (χ3n) is 7.40. The Morgan fingerprint density at radius 1 is 1.17 bits per heavy atom. The number of aromatic hydroxyl groups is 1. The monoisotopic (exact) mass is 538 g/mol. The van der Waals surface area contributed by atoms with Gasteiger partial charge in [-0.15, -0.1) is 10.2 Å². The van der Waals surface area contributed by atoms with Crippen LogP contribution in [-0.2, 0) is 6.67 Å². The Balaban J connectivity index is 1.47. The summed E-state index contributed by atoms with van der Waals surface area (Å²) in [4.78, 5) is 15.1. The summed E-state index contributed by atoms with van der Waals surface area (Å²) in [7, 11) is 1.57. The van der Waals surface area contributed by atoms with Crippen LogP contribution in [0, 0.1) is 10.8 Å². The number of halogens is 1. The van der Waals surface area contributed by atoms with E-state index in [9.17, 15) is 9.90 Å². The molecule has 1 N–H and O–H groups in total. The van der Waals surface area contributed by atoms with Crippen LogP contribution >= 0.6 is 15.9 Å². The van der Waals surface area contributed by atoms with Gasteiger partial charge in [-0.05, 0) is 72.6 Å². The summed E-state index contributed by atoms with van der Waals surface area (Å²) in [6.45, 7) is 8.68. The van der Waals surface area contributed by atoms with Gasteiger partial charge in [0.1, 0.15) is 5.75 Å². The Morgan fingerprint density at radius 2 is 1.91 bits per heavy atom. The Labute approximate surface area is 213 Å². The second-order valence-corrected chi connectivity index (χ2v) is 12.0. The minimum absolute atomic E-state index is 0.0234. The molecule has 1 aliphatic heterocycles. The summed E-state index contributed by atoms with van der Waals surface area (Å²) in [6, 6.07) is 13.0. The lowest BCUT2D eigenvalue weighted by Gasteiger charge is -2.40. The van der Waals surface area contributed by atoms with Crippen molar-refractivity contribution in [2.45, 2.75) is 52.7 Å². The van der Waals surface area contributed by atoms with Crippen LogP contribution in [0.15, 0.2) is 57.2 Å². The molecule has 1 amide bonds. The molecule has 1 aromatic heterocycles. The number of benzene rings is 2. The molecule has 2 bridgehead atoms. The molecule has 184 valence electrons. The summed E-state index contributed by atoms with van der Waals surface area (Å²) in [5.74, 6) is 0.203. The first kappa shape index (κ1) is 24.0. The zero-order valence-corrected chi connectivity index (χ0v) is 22.2. The Bertz CT molecular complexity index is 1310. The summed E-state index contributed by atoms with van der Waals surface area (Å²) < 4.78 is 7.91. The Kier molecular flexibility index (Phi) is 6.00. The first-order chi connectivity index (χ1) is 16.6. The van der Waals surface area contributed by atoms with E-state index in [1.54, 1.807) is 31.4 Å². The number of nitrogens with zero attached hydrogens (tertiary/aromatic N) is 4. The summed E-state index contributed by atoms with van der Waals surface area (Å²) in [5, 5.41) is 20.2. The summed E-state index contributed by atoms with van der Waals surface area (Å²) >= 11 is 3.52. The topological polar surface area (TPSA) is 79.4 Å². The number of azo groups is 1. The van der Waals surface area contributed by atoms with E-state index in [2.05, 4.69) is 51.8 Å². The van der Waals surface area contributed by atoms with E-state index >= 15 is 0 Å². The van der Waals surface area contributed by atoms with E-state index in [1.807, 2.05) is 22.8 Å². The average molecular weight is 539 g/mol. The van der Waals surface area contributed by atoms with Crippen LogP contribution in [0.1, 0.15) is 50.4 Å². The van der Waals surface area contributed by atoms with Gasteiger partial charge in [0.2, 0.25) is 5.88 Å². The predicted octanol–water partition coefficient (Wildman–Crippen LogP) is 6.90. The normalized spacial score (nSPS) is 23.9. The number of methoxy groups -OCH3 is 1. The molecule has 0 radical (unpaired) electrons. The number of fused-ring (bicyclic) bond motifs is 3. The van der Waals surface area contributed by atoms with Crippen LogP contribution in [-0.4, -0.2) is 40.2 Å². The molecule has 0 spiro atoms. The maximum Gasteiger partial charge on any atom is 0.295 e. The van der Waals surface area contributed by atoms with Gasteiger partial charge in [-0.1, -0.05) is 36.7 Å². The number of carbonyl (C=O) groups excluding carboxylic acids is 1. The van der Waals surface area contributed by atoms with Gasteiger partial charge in [-0.25, -0.2) is 0 Å². The molecule has 35 heavy (non-hydrogen) atoms. The van der Waals surface area contributed by atoms with E-state index in [1.165, 1.54) is 12.8 Å². The predicted molar refractivity (Wildman–Crippen MR) is 139 cm³/mol. The number of ether oxygens (including phenoxy) is 1. The van der Waals surface area contributed by atoms with Crippen LogP contribution in [0.2, 0.25) is 0 Å². The molecule has 0 unspecified atom stereocenters. The Morgan fingerprint density at radius 3 is 2.63 bits per heavy atom. The molecule has 5 rings (SSSR count). The van der Waals surface area contributed by atoms with Crippen molar-refractivity contribution >= 4 is 38.4 Å². The van der Waals surface area contributed by atoms with Crippen molar-refractivity contribution in [3.05, 3.63) is 52.5 Å². The number of hydrogen-bond donors (Lipinski definition) is 1. The number of amides is 1. The molecule has 8 heteroatoms. The molecule has 1 aliphatic carbocycles. The van der Waals surface area contributed by atoms with Gasteiger partial charge in [0.25, 0.3) is 5.91 Å². The lowest BCUT2D eigenvalue weighted by atomic mass is 9.65. The van der Waals surface area contributed by atoms with Crippen LogP contribution in [0.3, 0.4) is 0 Å². The van der Waals surface area contributed by atoms with Gasteiger partial charge in [0.15, 0.2) is 5.69 Å². The maximum absolute atomic E-state index is 12.6. The van der Waals surface area contributed by atoms with Crippen molar-refractivity contribution < 1.29 is 14.6 Å². The number of aromatic nitrogens is 1. The lowest BCUT2D eigenvalue weighted by Crippen LogP contribution is -2.35. The van der Waals surface area contributed by atoms with Gasteiger partial charge in [-0.2, -0.15) is 0 Å². The lowest BCUT2D eigenvalue weighted by molar-refractivity contribution is 0.0995. The highest BCUT2D eigenvalue weighted by Gasteiger charge is 2.49. The van der Waals surface area contributed by atoms with E-state index in [0.29, 0.717) is 40.5 Å². The summed E-state index contributed by atoms with van der Waals surface area (Å²) in [6.07, 6.45) is 3.55. The number of hydrogen-bond acceptors (Lipinski definition) is 5. The van der Waals surface area contributed by atoms with Crippen LogP contribution in [0.25, 0.3) is 10.9 Å². The van der Waals surface area contributed by atoms with Crippen molar-refractivity contribution in [1.82, 2.24) is 9.47 Å². The third-order valence-corrected chi connectivity index (χ3v) is 7.89. The van der Waals surface area contributed by atoms with Crippen molar-refractivity contribution in [1.29, 1.82) is 0 Å². The van der Waals surface area contributed by atoms with Crippen LogP contribution < -0.4 is 4.74 Å². The SMILES string of the molecule is COc1ccc(C(=O)N=Nc2c(O)n(CN3C[C@]4(C)C[C@H]3CC(C)(C)C4)c3ccc(Br)cc23)cc1. The van der Waals surface area contributed by atoms with Gasteiger partial charge in [0.05, 0.1) is 19.3 Å². The second kappa shape index (κ2) is 8.75. The van der Waals surface area contributed by atoms with Gasteiger partial charge >= 0.3 is 0 Å². The first-order valence-corrected chi connectivity index (χ1v) is 12.7. The zero-order chi connectivity index (χ0) is 25.0. The minimum atomic E-state index is -0.480. The molecule has 7 nitrogen and oxygen atoms in total. The number of likely N-dealkylation sites (tertiary alicyclic amines) is 1. The fourth-order valence-corrected chi connectivity index (χ4v) is 6.71. The van der Waals surface area contributed by atoms with Crippen molar-refractivity contribution in [3.8, 4) is 11.6 Å². The number of rotatable bonds is 5. The van der Waals surface area contributed by atoms with Gasteiger partial charge in [-0.3, -0.25) is 14.3 Å². The molecule has 1 saturated heterocycles. The van der Waals surface area contributed by atoms with Crippen LogP contribution in [0.4, 0.5) is 5.69 Å². The van der Waals surface area contributed by atoms with E-state index < -0.39 is 5.91 Å². The number of carbonyl (C=O) groups is 1. The fraction of sp³-hybridized carbons (Fsp3) is 0.444. The molecule has 2 aromatic carbocycles. The van der Waals surface area contributed by atoms with Crippen molar-refractivity contribution in [3.63, 3.8) is 0 Å². The van der Waals surface area contributed by atoms with E-state index in [4.69, 9.17) is 4.74 Å². The van der Waals surface area contributed by atoms with Crippen molar-refractivity contribution in [2.75, 3.05) is 13.7 Å². The molecule has 2 fully saturated rings. The zero-order valence-electron chi connectivity index (χ0n) is 20.6. The first-order valence-electron chi connectivity index (χ1n) is 11.9. The van der Waals surface area contributed by atoms with E-state index in [-0.39, 0.29) is 5.88 Å². The molecule has 1 saturated carbocycles. The summed E-state index contributed by atoms with van der Waals surface area (Å²) in [5.41, 5.74) is 2.18.